The van der Waals surface area contributed by atoms with E-state index in [9.17, 15) is 14.4 Å². The zero-order valence-corrected chi connectivity index (χ0v) is 16.5. The molecule has 146 valence electrons. The van der Waals surface area contributed by atoms with E-state index in [0.29, 0.717) is 18.0 Å². The number of benzene rings is 2. The van der Waals surface area contributed by atoms with Crippen LogP contribution in [0.2, 0.25) is 5.02 Å². The first-order chi connectivity index (χ1) is 13.5. The number of amides is 2. The topological polar surface area (TPSA) is 84.5 Å². The molecule has 0 saturated heterocycles. The van der Waals surface area contributed by atoms with Gasteiger partial charge in [0.05, 0.1) is 17.4 Å². The van der Waals surface area contributed by atoms with Crippen LogP contribution in [-0.2, 0) is 25.5 Å². The summed E-state index contributed by atoms with van der Waals surface area (Å²) in [4.78, 5) is 36.8. The number of nitrogens with one attached hydrogen (secondary N) is 2. The summed E-state index contributed by atoms with van der Waals surface area (Å²) < 4.78 is 5.00. The highest BCUT2D eigenvalue weighted by Gasteiger charge is 2.29. The molecule has 0 saturated carbocycles. The normalized spacial score (nSPS) is 15.3. The molecule has 28 heavy (non-hydrogen) atoms. The molecule has 0 fully saturated rings. The van der Waals surface area contributed by atoms with Crippen molar-refractivity contribution in [3.8, 4) is 0 Å². The fourth-order valence-electron chi connectivity index (χ4n) is 2.63. The van der Waals surface area contributed by atoms with E-state index in [2.05, 4.69) is 10.6 Å². The van der Waals surface area contributed by atoms with Crippen LogP contribution in [0.4, 0.5) is 5.69 Å². The Kier molecular flexibility index (Phi) is 6.95. The molecule has 1 heterocycles. The zero-order valence-electron chi connectivity index (χ0n) is 14.9. The van der Waals surface area contributed by atoms with Gasteiger partial charge in [0, 0.05) is 16.5 Å². The molecule has 0 aromatic heterocycles. The van der Waals surface area contributed by atoms with E-state index in [-0.39, 0.29) is 24.8 Å². The minimum atomic E-state index is -0.583. The Morgan fingerprint density at radius 1 is 1.14 bits per heavy atom. The van der Waals surface area contributed by atoms with Crippen LogP contribution in [0, 0.1) is 0 Å². The van der Waals surface area contributed by atoms with Gasteiger partial charge in [0.15, 0.2) is 6.61 Å². The highest BCUT2D eigenvalue weighted by molar-refractivity contribution is 8.01. The maximum atomic E-state index is 12.1. The van der Waals surface area contributed by atoms with Crippen molar-refractivity contribution in [1.29, 1.82) is 0 Å². The Bertz CT molecular complexity index is 873. The van der Waals surface area contributed by atoms with Gasteiger partial charge in [0.1, 0.15) is 0 Å². The van der Waals surface area contributed by atoms with Gasteiger partial charge in [-0.1, -0.05) is 35.9 Å². The minimum absolute atomic E-state index is 0.0944. The molecule has 3 rings (SSSR count). The molecule has 2 aromatic carbocycles. The number of fused-ring (bicyclic) bond motifs is 1. The number of thioether (sulfide) groups is 1. The van der Waals surface area contributed by atoms with Crippen LogP contribution >= 0.6 is 23.4 Å². The summed E-state index contributed by atoms with van der Waals surface area (Å²) in [7, 11) is 0. The molecule has 2 N–H and O–H groups in total. The lowest BCUT2D eigenvalue weighted by Gasteiger charge is -2.23. The van der Waals surface area contributed by atoms with Crippen molar-refractivity contribution >= 4 is 46.8 Å². The number of halogens is 1. The summed E-state index contributed by atoms with van der Waals surface area (Å²) in [5.74, 6) is -1.21. The second-order valence-electron chi connectivity index (χ2n) is 6.18. The molecule has 0 bridgehead atoms. The Labute approximate surface area is 172 Å². The van der Waals surface area contributed by atoms with Crippen molar-refractivity contribution in [2.24, 2.45) is 0 Å². The van der Waals surface area contributed by atoms with Gasteiger partial charge in [-0.2, -0.15) is 0 Å². The molecule has 0 aliphatic carbocycles. The third-order valence-electron chi connectivity index (χ3n) is 4.07. The van der Waals surface area contributed by atoms with Crippen LogP contribution in [0.1, 0.15) is 12.0 Å². The summed E-state index contributed by atoms with van der Waals surface area (Å²) >= 11 is 7.14. The molecule has 1 atom stereocenters. The van der Waals surface area contributed by atoms with Crippen molar-refractivity contribution in [2.45, 2.75) is 23.0 Å². The van der Waals surface area contributed by atoms with E-state index >= 15 is 0 Å². The van der Waals surface area contributed by atoms with E-state index < -0.39 is 11.2 Å². The van der Waals surface area contributed by atoms with E-state index in [1.54, 1.807) is 12.1 Å². The van der Waals surface area contributed by atoms with Crippen molar-refractivity contribution in [3.63, 3.8) is 0 Å². The second kappa shape index (κ2) is 9.61. The molecule has 0 spiro atoms. The number of carbonyl (C=O) groups is 3. The zero-order chi connectivity index (χ0) is 19.9. The van der Waals surface area contributed by atoms with Gasteiger partial charge in [0.2, 0.25) is 5.91 Å². The first-order valence-electron chi connectivity index (χ1n) is 8.74. The molecule has 2 aromatic rings. The maximum absolute atomic E-state index is 12.1. The molecular formula is C20H19ClN2O4S. The lowest BCUT2D eigenvalue weighted by molar-refractivity contribution is -0.149. The molecule has 8 heteroatoms. The quantitative estimate of drug-likeness (QED) is 0.675. The third kappa shape index (κ3) is 5.74. The van der Waals surface area contributed by atoms with Crippen LogP contribution in [0.3, 0.4) is 0 Å². The number of carbonyl (C=O) groups excluding carboxylic acids is 3. The maximum Gasteiger partial charge on any atom is 0.307 e. The van der Waals surface area contributed by atoms with Gasteiger partial charge < -0.3 is 15.4 Å². The Morgan fingerprint density at radius 2 is 1.89 bits per heavy atom. The molecule has 6 nitrogen and oxygen atoms in total. The van der Waals surface area contributed by atoms with E-state index in [1.807, 2.05) is 36.4 Å². The van der Waals surface area contributed by atoms with Gasteiger partial charge in [-0.05, 0) is 36.2 Å². The van der Waals surface area contributed by atoms with Crippen molar-refractivity contribution in [2.75, 3.05) is 18.5 Å². The molecule has 0 radical (unpaired) electrons. The Morgan fingerprint density at radius 3 is 2.68 bits per heavy atom. The highest BCUT2D eigenvalue weighted by atomic mass is 35.5. The van der Waals surface area contributed by atoms with Crippen molar-refractivity contribution in [3.05, 3.63) is 59.1 Å². The van der Waals surface area contributed by atoms with Crippen LogP contribution in [-0.4, -0.2) is 36.2 Å². The van der Waals surface area contributed by atoms with E-state index in [4.69, 9.17) is 16.3 Å². The third-order valence-corrected chi connectivity index (χ3v) is 5.60. The molecule has 1 aliphatic rings. The summed E-state index contributed by atoms with van der Waals surface area (Å²) in [6.45, 7) is 0.0602. The van der Waals surface area contributed by atoms with Gasteiger partial charge in [-0.15, -0.1) is 11.8 Å². The van der Waals surface area contributed by atoms with Crippen LogP contribution in [0.25, 0.3) is 0 Å². The predicted octanol–water partition coefficient (Wildman–Crippen LogP) is 3.05. The summed E-state index contributed by atoms with van der Waals surface area (Å²) in [5, 5.41) is 5.55. The Balaban J connectivity index is 1.37. The van der Waals surface area contributed by atoms with Gasteiger partial charge in [0.25, 0.3) is 5.91 Å². The SMILES string of the molecule is O=C(COC(=O)C[C@@H]1Sc2ccccc2NC1=O)NCCc1ccc(Cl)cc1. The van der Waals surface area contributed by atoms with Gasteiger partial charge >= 0.3 is 5.97 Å². The monoisotopic (exact) mass is 418 g/mol. The smallest absolute Gasteiger partial charge is 0.307 e. The number of hydrogen-bond acceptors (Lipinski definition) is 5. The molecule has 2 amide bonds. The molecule has 0 unspecified atom stereocenters. The largest absolute Gasteiger partial charge is 0.456 e. The van der Waals surface area contributed by atoms with Crippen molar-refractivity contribution < 1.29 is 19.1 Å². The first-order valence-corrected chi connectivity index (χ1v) is 10.0. The average Bonchev–Trinajstić information content (AvgIpc) is 2.68. The summed E-state index contributed by atoms with van der Waals surface area (Å²) in [6, 6.07) is 14.7. The lowest BCUT2D eigenvalue weighted by Crippen LogP contribution is -2.33. The van der Waals surface area contributed by atoms with Crippen LogP contribution in [0.15, 0.2) is 53.4 Å². The number of rotatable bonds is 7. The second-order valence-corrected chi connectivity index (χ2v) is 7.86. The average molecular weight is 419 g/mol. The van der Waals surface area contributed by atoms with Gasteiger partial charge in [-0.3, -0.25) is 14.4 Å². The Hall–Kier alpha value is -2.51. The van der Waals surface area contributed by atoms with E-state index in [0.717, 1.165) is 16.1 Å². The number of para-hydroxylation sites is 1. The first kappa shape index (κ1) is 20.2. The summed E-state index contributed by atoms with van der Waals surface area (Å²) in [6.07, 6.45) is 0.554. The summed E-state index contributed by atoms with van der Waals surface area (Å²) in [5.41, 5.74) is 1.78. The number of hydrogen-bond donors (Lipinski definition) is 2. The molecule has 1 aliphatic heterocycles. The van der Waals surface area contributed by atoms with Gasteiger partial charge in [-0.25, -0.2) is 0 Å². The van der Waals surface area contributed by atoms with Crippen LogP contribution in [0.5, 0.6) is 0 Å². The predicted molar refractivity (Wildman–Crippen MR) is 108 cm³/mol. The standard InChI is InChI=1S/C20H19ClN2O4S/c21-14-7-5-13(6-8-14)9-10-22-18(24)12-27-19(25)11-17-20(26)23-15-3-1-2-4-16(15)28-17/h1-8,17H,9-12H2,(H,22,24)(H,23,26)/t17-/m0/s1. The lowest BCUT2D eigenvalue weighted by atomic mass is 10.1. The van der Waals surface area contributed by atoms with Crippen LogP contribution < -0.4 is 10.6 Å². The molecular weight excluding hydrogens is 400 g/mol. The number of anilines is 1. The number of ether oxygens (including phenoxy) is 1. The van der Waals surface area contributed by atoms with E-state index in [1.165, 1.54) is 11.8 Å². The number of esters is 1. The minimum Gasteiger partial charge on any atom is -0.456 e. The fourth-order valence-corrected chi connectivity index (χ4v) is 3.85. The fraction of sp³-hybridized carbons (Fsp3) is 0.250. The van der Waals surface area contributed by atoms with Crippen molar-refractivity contribution in [1.82, 2.24) is 5.32 Å². The highest BCUT2D eigenvalue weighted by Crippen LogP contribution is 2.36.